The van der Waals surface area contributed by atoms with Gasteiger partial charge in [-0.25, -0.2) is 4.79 Å². The molecule has 1 heterocycles. The van der Waals surface area contributed by atoms with Crippen molar-refractivity contribution in [1.82, 2.24) is 15.0 Å². The Bertz CT molecular complexity index is 301. The largest absolute Gasteiger partial charge is 0.476 e. The van der Waals surface area contributed by atoms with Crippen molar-refractivity contribution in [3.05, 3.63) is 11.9 Å². The fraction of sp³-hybridized carbons (Fsp3) is 0.625. The van der Waals surface area contributed by atoms with Crippen LogP contribution in [0.3, 0.4) is 0 Å². The molecular weight excluding hydrogens is 202 g/mol. The van der Waals surface area contributed by atoms with E-state index in [-0.39, 0.29) is 5.69 Å². The van der Waals surface area contributed by atoms with Crippen molar-refractivity contribution in [3.63, 3.8) is 0 Å². The first-order valence-electron chi connectivity index (χ1n) is 4.45. The molecule has 6 heteroatoms. The Balaban J connectivity index is 2.33. The Labute approximate surface area is 86.5 Å². The number of aromatic carboxylic acids is 1. The number of hydrogen-bond acceptors (Lipinski definition) is 4. The van der Waals surface area contributed by atoms with Crippen molar-refractivity contribution in [2.24, 2.45) is 0 Å². The van der Waals surface area contributed by atoms with E-state index in [0.717, 1.165) is 24.5 Å². The molecule has 0 saturated heterocycles. The lowest BCUT2D eigenvalue weighted by Crippen LogP contribution is -2.00. The lowest BCUT2D eigenvalue weighted by Gasteiger charge is -1.98. The molecule has 5 nitrogen and oxygen atoms in total. The zero-order chi connectivity index (χ0) is 10.4. The monoisotopic (exact) mass is 215 g/mol. The first-order valence-corrected chi connectivity index (χ1v) is 5.60. The third-order valence-electron chi connectivity index (χ3n) is 1.64. The highest BCUT2D eigenvalue weighted by molar-refractivity contribution is 7.99. The fourth-order valence-electron chi connectivity index (χ4n) is 0.979. The first-order chi connectivity index (χ1) is 6.74. The molecule has 1 N–H and O–H groups in total. The number of aryl methyl sites for hydroxylation is 1. The van der Waals surface area contributed by atoms with E-state index in [1.807, 2.05) is 11.8 Å². The summed E-state index contributed by atoms with van der Waals surface area (Å²) in [6.45, 7) is 2.84. The van der Waals surface area contributed by atoms with Crippen LogP contribution in [0.25, 0.3) is 0 Å². The predicted octanol–water partition coefficient (Wildman–Crippen LogP) is 1.12. The second-order valence-corrected chi connectivity index (χ2v) is 4.12. The van der Waals surface area contributed by atoms with Crippen LogP contribution in [0.15, 0.2) is 6.20 Å². The molecule has 0 fully saturated rings. The minimum atomic E-state index is -1.03. The van der Waals surface area contributed by atoms with Crippen LogP contribution in [0.2, 0.25) is 0 Å². The molecule has 1 rings (SSSR count). The van der Waals surface area contributed by atoms with E-state index in [1.165, 1.54) is 6.20 Å². The van der Waals surface area contributed by atoms with Gasteiger partial charge in [-0.2, -0.15) is 11.8 Å². The van der Waals surface area contributed by atoms with Crippen LogP contribution in [0.4, 0.5) is 0 Å². The molecule has 1 aromatic rings. The third kappa shape index (κ3) is 3.37. The zero-order valence-electron chi connectivity index (χ0n) is 8.01. The average Bonchev–Trinajstić information content (AvgIpc) is 2.61. The van der Waals surface area contributed by atoms with Gasteiger partial charge in [0, 0.05) is 6.54 Å². The summed E-state index contributed by atoms with van der Waals surface area (Å²) in [5.41, 5.74) is 0.00754. The molecule has 0 unspecified atom stereocenters. The minimum absolute atomic E-state index is 0.00754. The number of rotatable bonds is 6. The maximum absolute atomic E-state index is 10.5. The molecule has 14 heavy (non-hydrogen) atoms. The van der Waals surface area contributed by atoms with Crippen LogP contribution >= 0.6 is 11.8 Å². The molecule has 0 saturated carbocycles. The van der Waals surface area contributed by atoms with Gasteiger partial charge in [-0.3, -0.25) is 4.68 Å². The van der Waals surface area contributed by atoms with E-state index < -0.39 is 5.97 Å². The summed E-state index contributed by atoms with van der Waals surface area (Å²) in [5.74, 6) is 1.15. The lowest BCUT2D eigenvalue weighted by molar-refractivity contribution is 0.0690. The standard InChI is InChI=1S/C8H13N3O2S/c1-2-14-5-3-4-11-6-7(8(12)13)9-10-11/h6H,2-5H2,1H3,(H,12,13). The van der Waals surface area contributed by atoms with Gasteiger partial charge in [0.15, 0.2) is 5.69 Å². The molecule has 1 aromatic heterocycles. The van der Waals surface area contributed by atoms with Crippen LogP contribution in [-0.4, -0.2) is 37.6 Å². The lowest BCUT2D eigenvalue weighted by atomic mass is 10.4. The summed E-state index contributed by atoms with van der Waals surface area (Å²) in [6, 6.07) is 0. The van der Waals surface area contributed by atoms with Gasteiger partial charge in [0.1, 0.15) is 0 Å². The Morgan fingerprint density at radius 1 is 1.71 bits per heavy atom. The van der Waals surface area contributed by atoms with Crippen molar-refractivity contribution in [2.75, 3.05) is 11.5 Å². The van der Waals surface area contributed by atoms with Gasteiger partial charge in [0.2, 0.25) is 0 Å². The van der Waals surface area contributed by atoms with Crippen LogP contribution in [-0.2, 0) is 6.54 Å². The molecule has 0 radical (unpaired) electrons. The number of carbonyl (C=O) groups is 1. The molecule has 0 aliphatic heterocycles. The Hall–Kier alpha value is -1.04. The van der Waals surface area contributed by atoms with Gasteiger partial charge in [0.05, 0.1) is 6.20 Å². The van der Waals surface area contributed by atoms with Crippen LogP contribution in [0.5, 0.6) is 0 Å². The molecular formula is C8H13N3O2S. The number of hydrogen-bond donors (Lipinski definition) is 1. The number of carboxylic acids is 1. The van der Waals surface area contributed by atoms with Crippen LogP contribution in [0, 0.1) is 0 Å². The number of aromatic nitrogens is 3. The van der Waals surface area contributed by atoms with E-state index in [9.17, 15) is 4.79 Å². The normalized spacial score (nSPS) is 10.4. The number of thioether (sulfide) groups is 1. The molecule has 0 atom stereocenters. The van der Waals surface area contributed by atoms with Crippen molar-refractivity contribution < 1.29 is 9.90 Å². The van der Waals surface area contributed by atoms with Gasteiger partial charge in [-0.05, 0) is 17.9 Å². The maximum Gasteiger partial charge on any atom is 0.358 e. The second-order valence-electron chi connectivity index (χ2n) is 2.72. The fourth-order valence-corrected chi connectivity index (χ4v) is 1.60. The van der Waals surface area contributed by atoms with Crippen molar-refractivity contribution in [2.45, 2.75) is 19.9 Å². The van der Waals surface area contributed by atoms with Gasteiger partial charge in [-0.1, -0.05) is 12.1 Å². The summed E-state index contributed by atoms with van der Waals surface area (Å²) >= 11 is 1.86. The summed E-state index contributed by atoms with van der Waals surface area (Å²) in [4.78, 5) is 10.5. The highest BCUT2D eigenvalue weighted by atomic mass is 32.2. The Morgan fingerprint density at radius 2 is 2.50 bits per heavy atom. The maximum atomic E-state index is 10.5. The van der Waals surface area contributed by atoms with Crippen molar-refractivity contribution in [3.8, 4) is 0 Å². The molecule has 0 bridgehead atoms. The topological polar surface area (TPSA) is 68.0 Å². The highest BCUT2D eigenvalue weighted by Crippen LogP contribution is 2.02. The van der Waals surface area contributed by atoms with E-state index in [1.54, 1.807) is 4.68 Å². The molecule has 0 aliphatic rings. The second kappa shape index (κ2) is 5.64. The molecule has 0 amide bonds. The molecule has 78 valence electrons. The van der Waals surface area contributed by atoms with E-state index in [0.29, 0.717) is 0 Å². The summed E-state index contributed by atoms with van der Waals surface area (Å²) in [7, 11) is 0. The highest BCUT2D eigenvalue weighted by Gasteiger charge is 2.07. The summed E-state index contributed by atoms with van der Waals surface area (Å²) in [6.07, 6.45) is 2.44. The quantitative estimate of drug-likeness (QED) is 0.720. The van der Waals surface area contributed by atoms with Crippen molar-refractivity contribution in [1.29, 1.82) is 0 Å². The number of carboxylic acid groups (broad SMARTS) is 1. The van der Waals surface area contributed by atoms with Crippen LogP contribution in [0.1, 0.15) is 23.8 Å². The molecule has 0 spiro atoms. The molecule has 0 aliphatic carbocycles. The molecule has 0 aromatic carbocycles. The zero-order valence-corrected chi connectivity index (χ0v) is 8.83. The van der Waals surface area contributed by atoms with Gasteiger partial charge in [0.25, 0.3) is 0 Å². The van der Waals surface area contributed by atoms with E-state index >= 15 is 0 Å². The van der Waals surface area contributed by atoms with E-state index in [4.69, 9.17) is 5.11 Å². The first kappa shape index (κ1) is 11.0. The Morgan fingerprint density at radius 3 is 3.07 bits per heavy atom. The van der Waals surface area contributed by atoms with Gasteiger partial charge < -0.3 is 5.11 Å². The average molecular weight is 215 g/mol. The third-order valence-corrected chi connectivity index (χ3v) is 2.62. The van der Waals surface area contributed by atoms with Gasteiger partial charge in [-0.15, -0.1) is 5.10 Å². The summed E-state index contributed by atoms with van der Waals surface area (Å²) < 4.78 is 1.57. The SMILES string of the molecule is CCSCCCn1cc(C(=O)O)nn1. The van der Waals surface area contributed by atoms with Crippen molar-refractivity contribution >= 4 is 17.7 Å². The van der Waals surface area contributed by atoms with Gasteiger partial charge >= 0.3 is 5.97 Å². The Kier molecular flexibility index (Phi) is 4.45. The number of nitrogens with zero attached hydrogens (tertiary/aromatic N) is 3. The van der Waals surface area contributed by atoms with Crippen LogP contribution < -0.4 is 0 Å². The summed E-state index contributed by atoms with van der Waals surface area (Å²) in [5, 5.41) is 15.8. The predicted molar refractivity (Wildman–Crippen MR) is 54.6 cm³/mol. The smallest absolute Gasteiger partial charge is 0.358 e. The minimum Gasteiger partial charge on any atom is -0.476 e. The van der Waals surface area contributed by atoms with E-state index in [2.05, 4.69) is 17.2 Å².